The third kappa shape index (κ3) is 5.70. The summed E-state index contributed by atoms with van der Waals surface area (Å²) in [7, 11) is 0. The highest BCUT2D eigenvalue weighted by Gasteiger charge is 2.17. The molecule has 0 bridgehead atoms. The first-order chi connectivity index (χ1) is 16.5. The van der Waals surface area contributed by atoms with Crippen LogP contribution in [-0.2, 0) is 17.8 Å². The van der Waals surface area contributed by atoms with E-state index in [9.17, 15) is 9.90 Å². The highest BCUT2D eigenvalue weighted by Crippen LogP contribution is 2.39. The van der Waals surface area contributed by atoms with Crippen molar-refractivity contribution >= 4 is 22.5 Å². The third-order valence-electron chi connectivity index (χ3n) is 5.61. The summed E-state index contributed by atoms with van der Waals surface area (Å²) >= 11 is 0. The number of carbonyl (C=O) groups is 1. The minimum Gasteiger partial charge on any atom is -0.494 e. The molecule has 0 aliphatic carbocycles. The van der Waals surface area contributed by atoms with Crippen molar-refractivity contribution in [3.8, 4) is 11.6 Å². The quantitative estimate of drug-likeness (QED) is 0.286. The molecule has 0 unspecified atom stereocenters. The lowest BCUT2D eigenvalue weighted by Gasteiger charge is -2.10. The normalized spacial score (nSPS) is 11.5. The molecule has 0 fully saturated rings. The Morgan fingerprint density at radius 3 is 2.38 bits per heavy atom. The molecule has 0 saturated carbocycles. The Balaban J connectivity index is 1.53. The molecular formula is C28H29N3O3. The molecule has 4 rings (SSSR count). The molecule has 1 aromatic heterocycles. The van der Waals surface area contributed by atoms with Gasteiger partial charge in [0.05, 0.1) is 25.1 Å². The van der Waals surface area contributed by atoms with Crippen molar-refractivity contribution in [2.24, 2.45) is 16.1 Å². The van der Waals surface area contributed by atoms with Gasteiger partial charge in [-0.2, -0.15) is 0 Å². The summed E-state index contributed by atoms with van der Waals surface area (Å²) in [4.78, 5) is 12.3. The Hall–Kier alpha value is -3.93. The lowest BCUT2D eigenvalue weighted by molar-refractivity contribution is -0.117. The lowest BCUT2D eigenvalue weighted by Crippen LogP contribution is -2.02. The molecule has 1 N–H and O–H groups in total. The predicted molar refractivity (Wildman–Crippen MR) is 134 cm³/mol. The van der Waals surface area contributed by atoms with Gasteiger partial charge in [-0.05, 0) is 41.7 Å². The number of carbonyl (C=O) groups excluding carboxylic acids is 1. The highest BCUT2D eigenvalue weighted by molar-refractivity contribution is 5.95. The fourth-order valence-electron chi connectivity index (χ4n) is 3.73. The van der Waals surface area contributed by atoms with E-state index in [1.54, 1.807) is 4.57 Å². The standard InChI is InChI=1S/C28H29N3O3/c1-20(2)16-17-34-23-14-12-22(13-15-23)19-31-25-11-7-6-10-24(25)27(28(31)33)30-29-26(32)18-21-8-4-3-5-9-21/h3-15,20,33H,16-19H2,1-2H3. The van der Waals surface area contributed by atoms with Gasteiger partial charge in [-0.1, -0.05) is 74.5 Å². The minimum atomic E-state index is -0.365. The van der Waals surface area contributed by atoms with Gasteiger partial charge in [0.2, 0.25) is 5.88 Å². The minimum absolute atomic E-state index is 0.0188. The van der Waals surface area contributed by atoms with Crippen LogP contribution in [0.1, 0.15) is 31.4 Å². The zero-order valence-electron chi connectivity index (χ0n) is 19.5. The van der Waals surface area contributed by atoms with Gasteiger partial charge in [0, 0.05) is 5.39 Å². The molecule has 0 aliphatic rings. The van der Waals surface area contributed by atoms with Gasteiger partial charge in [-0.25, -0.2) is 0 Å². The molecule has 0 saturated heterocycles. The summed E-state index contributed by atoms with van der Waals surface area (Å²) in [5.41, 5.74) is 3.00. The number of aromatic hydroxyl groups is 1. The average molecular weight is 456 g/mol. The van der Waals surface area contributed by atoms with E-state index in [0.717, 1.165) is 34.2 Å². The first kappa shape index (κ1) is 23.2. The lowest BCUT2D eigenvalue weighted by atomic mass is 10.1. The number of azo groups is 1. The van der Waals surface area contributed by atoms with Crippen molar-refractivity contribution < 1.29 is 14.6 Å². The monoisotopic (exact) mass is 455 g/mol. The van der Waals surface area contributed by atoms with Gasteiger partial charge < -0.3 is 14.4 Å². The number of amides is 1. The van der Waals surface area contributed by atoms with Crippen molar-refractivity contribution in [2.45, 2.75) is 33.2 Å². The van der Waals surface area contributed by atoms with E-state index in [1.165, 1.54) is 0 Å². The third-order valence-corrected chi connectivity index (χ3v) is 5.61. The molecule has 0 atom stereocenters. The molecule has 0 aliphatic heterocycles. The number of aromatic nitrogens is 1. The Morgan fingerprint density at radius 1 is 0.941 bits per heavy atom. The smallest absolute Gasteiger partial charge is 0.269 e. The topological polar surface area (TPSA) is 76.2 Å². The molecule has 4 aromatic rings. The predicted octanol–water partition coefficient (Wildman–Crippen LogP) is 6.67. The largest absolute Gasteiger partial charge is 0.494 e. The second kappa shape index (κ2) is 10.8. The Morgan fingerprint density at radius 2 is 1.65 bits per heavy atom. The van der Waals surface area contributed by atoms with Crippen molar-refractivity contribution in [1.29, 1.82) is 0 Å². The number of ether oxygens (including phenoxy) is 1. The maximum absolute atomic E-state index is 12.3. The van der Waals surface area contributed by atoms with E-state index < -0.39 is 0 Å². The molecule has 1 amide bonds. The summed E-state index contributed by atoms with van der Waals surface area (Å²) in [5.74, 6) is 1.05. The summed E-state index contributed by atoms with van der Waals surface area (Å²) in [5, 5.41) is 19.7. The van der Waals surface area contributed by atoms with Crippen LogP contribution in [0.4, 0.5) is 5.69 Å². The Bertz CT molecular complexity index is 1280. The van der Waals surface area contributed by atoms with Crippen molar-refractivity contribution in [1.82, 2.24) is 4.57 Å². The van der Waals surface area contributed by atoms with Crippen LogP contribution in [0.25, 0.3) is 10.9 Å². The average Bonchev–Trinajstić information content (AvgIpc) is 3.10. The van der Waals surface area contributed by atoms with E-state index in [1.807, 2.05) is 78.9 Å². The van der Waals surface area contributed by atoms with Crippen LogP contribution < -0.4 is 4.74 Å². The van der Waals surface area contributed by atoms with Gasteiger partial charge in [-0.3, -0.25) is 4.79 Å². The van der Waals surface area contributed by atoms with E-state index in [-0.39, 0.29) is 18.2 Å². The van der Waals surface area contributed by atoms with Crippen molar-refractivity contribution in [2.75, 3.05) is 6.61 Å². The number of benzene rings is 3. The molecule has 34 heavy (non-hydrogen) atoms. The number of hydrogen-bond acceptors (Lipinski definition) is 4. The van der Waals surface area contributed by atoms with Crippen LogP contribution in [0.15, 0.2) is 89.1 Å². The number of fused-ring (bicyclic) bond motifs is 1. The van der Waals surface area contributed by atoms with Gasteiger partial charge in [0.25, 0.3) is 5.91 Å². The van der Waals surface area contributed by atoms with Gasteiger partial charge in [0.1, 0.15) is 5.75 Å². The first-order valence-corrected chi connectivity index (χ1v) is 11.5. The SMILES string of the molecule is CC(C)CCOc1ccc(Cn2c(O)c(N=NC(=O)Cc3ccccc3)c3ccccc32)cc1. The van der Waals surface area contributed by atoms with Crippen LogP contribution in [0.3, 0.4) is 0 Å². The Labute approximate surface area is 199 Å². The summed E-state index contributed by atoms with van der Waals surface area (Å²) < 4.78 is 7.58. The number of hydrogen-bond donors (Lipinski definition) is 1. The maximum Gasteiger partial charge on any atom is 0.269 e. The zero-order valence-corrected chi connectivity index (χ0v) is 19.5. The van der Waals surface area contributed by atoms with Crippen molar-refractivity contribution in [3.05, 3.63) is 90.0 Å². The Kier molecular flexibility index (Phi) is 7.38. The molecule has 0 radical (unpaired) electrons. The van der Waals surface area contributed by atoms with Gasteiger partial charge in [0.15, 0.2) is 5.69 Å². The summed E-state index contributed by atoms with van der Waals surface area (Å²) in [6.45, 7) is 5.49. The van der Waals surface area contributed by atoms with Gasteiger partial charge >= 0.3 is 0 Å². The number of rotatable bonds is 9. The molecule has 174 valence electrons. The highest BCUT2D eigenvalue weighted by atomic mass is 16.5. The van der Waals surface area contributed by atoms with Crippen LogP contribution in [-0.4, -0.2) is 22.2 Å². The van der Waals surface area contributed by atoms with Crippen LogP contribution >= 0.6 is 0 Å². The fraction of sp³-hybridized carbons (Fsp3) is 0.250. The summed E-state index contributed by atoms with van der Waals surface area (Å²) in [6, 6.07) is 24.8. The molecular weight excluding hydrogens is 426 g/mol. The van der Waals surface area contributed by atoms with Crippen LogP contribution in [0.5, 0.6) is 11.6 Å². The van der Waals surface area contributed by atoms with E-state index in [4.69, 9.17) is 4.74 Å². The molecule has 6 heteroatoms. The van der Waals surface area contributed by atoms with E-state index in [2.05, 4.69) is 24.1 Å². The second-order valence-corrected chi connectivity index (χ2v) is 8.71. The second-order valence-electron chi connectivity index (χ2n) is 8.71. The number of nitrogens with zero attached hydrogens (tertiary/aromatic N) is 3. The van der Waals surface area contributed by atoms with Gasteiger partial charge in [-0.15, -0.1) is 10.2 Å². The van der Waals surface area contributed by atoms with E-state index in [0.29, 0.717) is 24.8 Å². The molecule has 1 heterocycles. The zero-order chi connectivity index (χ0) is 23.9. The fourth-order valence-corrected chi connectivity index (χ4v) is 3.73. The first-order valence-electron chi connectivity index (χ1n) is 11.5. The van der Waals surface area contributed by atoms with Crippen LogP contribution in [0, 0.1) is 5.92 Å². The number of para-hydroxylation sites is 1. The van der Waals surface area contributed by atoms with Crippen LogP contribution in [0.2, 0.25) is 0 Å². The maximum atomic E-state index is 12.3. The summed E-state index contributed by atoms with van der Waals surface area (Å²) in [6.07, 6.45) is 1.17. The van der Waals surface area contributed by atoms with Crippen molar-refractivity contribution in [3.63, 3.8) is 0 Å². The molecule has 0 spiro atoms. The molecule has 3 aromatic carbocycles. The van der Waals surface area contributed by atoms with E-state index >= 15 is 0 Å². The molecule has 6 nitrogen and oxygen atoms in total.